The topological polar surface area (TPSA) is 89.9 Å². The van der Waals surface area contributed by atoms with Crippen molar-refractivity contribution in [2.45, 2.75) is 33.1 Å². The van der Waals surface area contributed by atoms with E-state index in [1.165, 1.54) is 0 Å². The van der Waals surface area contributed by atoms with Gasteiger partial charge in [0.2, 0.25) is 0 Å². The molecule has 1 atom stereocenters. The highest BCUT2D eigenvalue weighted by atomic mass is 16.5. The number of aromatic nitrogens is 5. The minimum atomic E-state index is 0.00407. The van der Waals surface area contributed by atoms with E-state index >= 15 is 0 Å². The second-order valence-corrected chi connectivity index (χ2v) is 7.48. The van der Waals surface area contributed by atoms with Gasteiger partial charge in [-0.05, 0) is 45.1 Å². The lowest BCUT2D eigenvalue weighted by Crippen LogP contribution is -2.40. The van der Waals surface area contributed by atoms with E-state index in [0.29, 0.717) is 11.6 Å². The molecule has 0 saturated carbocycles. The summed E-state index contributed by atoms with van der Waals surface area (Å²) in [5, 5.41) is 4.01. The van der Waals surface area contributed by atoms with Crippen LogP contribution in [0.4, 0.5) is 0 Å². The SMILES string of the molecule is Cc1noc(C)c1-c1cc(CC2CCCN(C(=O)c3cn(C)cn3)C2)ncn1. The molecular formula is C20H24N6O2. The van der Waals surface area contributed by atoms with Gasteiger partial charge < -0.3 is 14.0 Å². The van der Waals surface area contributed by atoms with E-state index in [9.17, 15) is 4.79 Å². The van der Waals surface area contributed by atoms with E-state index in [1.807, 2.05) is 31.9 Å². The maximum atomic E-state index is 12.7. The largest absolute Gasteiger partial charge is 0.361 e. The molecule has 0 N–H and O–H groups in total. The normalized spacial score (nSPS) is 17.1. The maximum Gasteiger partial charge on any atom is 0.274 e. The number of hydrogen-bond donors (Lipinski definition) is 0. The zero-order chi connectivity index (χ0) is 19.7. The Morgan fingerprint density at radius 2 is 2.14 bits per heavy atom. The fraction of sp³-hybridized carbons (Fsp3) is 0.450. The third-order valence-electron chi connectivity index (χ3n) is 5.24. The molecule has 146 valence electrons. The summed E-state index contributed by atoms with van der Waals surface area (Å²) in [5.74, 6) is 1.13. The number of aryl methyl sites for hydroxylation is 3. The second kappa shape index (κ2) is 7.53. The Morgan fingerprint density at radius 3 is 2.86 bits per heavy atom. The first-order valence-corrected chi connectivity index (χ1v) is 9.52. The van der Waals surface area contributed by atoms with E-state index < -0.39 is 0 Å². The molecule has 8 nitrogen and oxygen atoms in total. The van der Waals surface area contributed by atoms with E-state index in [-0.39, 0.29) is 5.91 Å². The van der Waals surface area contributed by atoms with Crippen LogP contribution in [-0.4, -0.2) is 48.6 Å². The molecule has 1 amide bonds. The van der Waals surface area contributed by atoms with E-state index in [2.05, 4.69) is 20.1 Å². The van der Waals surface area contributed by atoms with Crippen LogP contribution in [0.2, 0.25) is 0 Å². The molecule has 1 unspecified atom stereocenters. The Bertz CT molecular complexity index is 973. The Hall–Kier alpha value is -3.03. The quantitative estimate of drug-likeness (QED) is 0.691. The second-order valence-electron chi connectivity index (χ2n) is 7.48. The summed E-state index contributed by atoms with van der Waals surface area (Å²) in [5.41, 5.74) is 4.07. The number of amides is 1. The lowest BCUT2D eigenvalue weighted by molar-refractivity contribution is 0.0667. The molecule has 4 heterocycles. The van der Waals surface area contributed by atoms with Crippen molar-refractivity contribution < 1.29 is 9.32 Å². The summed E-state index contributed by atoms with van der Waals surface area (Å²) < 4.78 is 7.06. The Labute approximate surface area is 163 Å². The van der Waals surface area contributed by atoms with Crippen LogP contribution in [0.3, 0.4) is 0 Å². The smallest absolute Gasteiger partial charge is 0.274 e. The average molecular weight is 380 g/mol. The van der Waals surface area contributed by atoms with Gasteiger partial charge in [0.1, 0.15) is 17.8 Å². The lowest BCUT2D eigenvalue weighted by Gasteiger charge is -2.32. The number of carbonyl (C=O) groups excluding carboxylic acids is 1. The molecule has 1 fully saturated rings. The highest BCUT2D eigenvalue weighted by Gasteiger charge is 2.26. The molecule has 0 aromatic carbocycles. The highest BCUT2D eigenvalue weighted by molar-refractivity contribution is 5.92. The third kappa shape index (κ3) is 3.67. The van der Waals surface area contributed by atoms with Gasteiger partial charge in [-0.15, -0.1) is 0 Å². The van der Waals surface area contributed by atoms with Gasteiger partial charge in [-0.3, -0.25) is 4.79 Å². The molecule has 1 aliphatic rings. The van der Waals surface area contributed by atoms with Crippen LogP contribution in [0.1, 0.15) is 40.5 Å². The number of carbonyl (C=O) groups is 1. The van der Waals surface area contributed by atoms with Crippen molar-refractivity contribution >= 4 is 5.91 Å². The van der Waals surface area contributed by atoms with Crippen molar-refractivity contribution in [3.05, 3.63) is 47.8 Å². The first-order chi connectivity index (χ1) is 13.5. The van der Waals surface area contributed by atoms with Crippen LogP contribution >= 0.6 is 0 Å². The summed E-state index contributed by atoms with van der Waals surface area (Å²) in [4.78, 5) is 27.7. The van der Waals surface area contributed by atoms with Gasteiger partial charge in [0, 0.05) is 32.0 Å². The van der Waals surface area contributed by atoms with Gasteiger partial charge >= 0.3 is 0 Å². The number of imidazole rings is 1. The summed E-state index contributed by atoms with van der Waals surface area (Å²) in [6.45, 7) is 5.30. The Balaban J connectivity index is 1.47. The molecule has 1 aliphatic heterocycles. The van der Waals surface area contributed by atoms with Gasteiger partial charge in [-0.1, -0.05) is 5.16 Å². The van der Waals surface area contributed by atoms with Gasteiger partial charge in [0.15, 0.2) is 0 Å². The molecule has 4 rings (SSSR count). The number of rotatable bonds is 4. The monoisotopic (exact) mass is 380 g/mol. The van der Waals surface area contributed by atoms with E-state index in [0.717, 1.165) is 60.8 Å². The summed E-state index contributed by atoms with van der Waals surface area (Å²) in [6, 6.07) is 2.01. The van der Waals surface area contributed by atoms with Gasteiger partial charge in [-0.25, -0.2) is 15.0 Å². The fourth-order valence-corrected chi connectivity index (χ4v) is 3.89. The molecule has 0 spiro atoms. The highest BCUT2D eigenvalue weighted by Crippen LogP contribution is 2.27. The maximum absolute atomic E-state index is 12.7. The Morgan fingerprint density at radius 1 is 1.29 bits per heavy atom. The average Bonchev–Trinajstić information content (AvgIpc) is 3.27. The summed E-state index contributed by atoms with van der Waals surface area (Å²) in [6.07, 6.45) is 7.90. The zero-order valence-electron chi connectivity index (χ0n) is 16.4. The molecule has 1 saturated heterocycles. The van der Waals surface area contributed by atoms with Crippen molar-refractivity contribution in [3.8, 4) is 11.3 Å². The van der Waals surface area contributed by atoms with E-state index in [4.69, 9.17) is 4.52 Å². The van der Waals surface area contributed by atoms with E-state index in [1.54, 1.807) is 23.4 Å². The van der Waals surface area contributed by atoms with Gasteiger partial charge in [0.05, 0.1) is 23.3 Å². The molecular weight excluding hydrogens is 356 g/mol. The number of likely N-dealkylation sites (tertiary alicyclic amines) is 1. The molecule has 3 aromatic rings. The first-order valence-electron chi connectivity index (χ1n) is 9.52. The predicted octanol–water partition coefficient (Wildman–Crippen LogP) is 2.58. The first kappa shape index (κ1) is 18.3. The summed E-state index contributed by atoms with van der Waals surface area (Å²) >= 11 is 0. The molecule has 8 heteroatoms. The fourth-order valence-electron chi connectivity index (χ4n) is 3.89. The lowest BCUT2D eigenvalue weighted by atomic mass is 9.92. The van der Waals surface area contributed by atoms with Gasteiger partial charge in [0.25, 0.3) is 5.91 Å². The molecule has 0 radical (unpaired) electrons. The molecule has 0 bridgehead atoms. The zero-order valence-corrected chi connectivity index (χ0v) is 16.4. The minimum Gasteiger partial charge on any atom is -0.361 e. The van der Waals surface area contributed by atoms with Crippen molar-refractivity contribution in [3.63, 3.8) is 0 Å². The van der Waals surface area contributed by atoms with Crippen LogP contribution < -0.4 is 0 Å². The van der Waals surface area contributed by atoms with Crippen molar-refractivity contribution in [2.24, 2.45) is 13.0 Å². The standard InChI is InChI=1S/C20H24N6O2/c1-13-19(14(2)28-24-13)17-8-16(21-11-22-17)7-15-5-4-6-26(9-15)20(27)18-10-25(3)12-23-18/h8,10-12,15H,4-7,9H2,1-3H3. The number of piperidine rings is 1. The molecule has 0 aliphatic carbocycles. The predicted molar refractivity (Wildman–Crippen MR) is 103 cm³/mol. The minimum absolute atomic E-state index is 0.00407. The van der Waals surface area contributed by atoms with Crippen LogP contribution in [0.5, 0.6) is 0 Å². The van der Waals surface area contributed by atoms with Crippen LogP contribution in [-0.2, 0) is 13.5 Å². The van der Waals surface area contributed by atoms with Crippen LogP contribution in [0.25, 0.3) is 11.3 Å². The Kier molecular flexibility index (Phi) is 4.93. The third-order valence-corrected chi connectivity index (χ3v) is 5.24. The van der Waals surface area contributed by atoms with Crippen molar-refractivity contribution in [1.29, 1.82) is 0 Å². The number of hydrogen-bond acceptors (Lipinski definition) is 6. The van der Waals surface area contributed by atoms with Crippen LogP contribution in [0, 0.1) is 19.8 Å². The summed E-state index contributed by atoms with van der Waals surface area (Å²) in [7, 11) is 1.87. The van der Waals surface area contributed by atoms with Gasteiger partial charge in [-0.2, -0.15) is 0 Å². The van der Waals surface area contributed by atoms with Crippen molar-refractivity contribution in [1.82, 2.24) is 29.6 Å². The van der Waals surface area contributed by atoms with Crippen molar-refractivity contribution in [2.75, 3.05) is 13.1 Å². The molecule has 3 aromatic heterocycles. The molecule has 28 heavy (non-hydrogen) atoms. The number of nitrogens with zero attached hydrogens (tertiary/aromatic N) is 6. The van der Waals surface area contributed by atoms with Crippen LogP contribution in [0.15, 0.2) is 29.4 Å².